The van der Waals surface area contributed by atoms with E-state index in [-0.39, 0.29) is 16.6 Å². The van der Waals surface area contributed by atoms with Gasteiger partial charge in [0.05, 0.1) is 23.8 Å². The van der Waals surface area contributed by atoms with Crippen LogP contribution < -0.4 is 9.84 Å². The molecule has 1 heterocycles. The van der Waals surface area contributed by atoms with Crippen molar-refractivity contribution < 1.29 is 29.0 Å². The molecule has 0 fully saturated rings. The average Bonchev–Trinajstić information content (AvgIpc) is 3.03. The Morgan fingerprint density at radius 3 is 2.52 bits per heavy atom. The van der Waals surface area contributed by atoms with Crippen LogP contribution in [0.2, 0.25) is 5.02 Å². The lowest BCUT2D eigenvalue weighted by molar-refractivity contribution is -0.307. The van der Waals surface area contributed by atoms with E-state index in [2.05, 4.69) is 4.99 Å². The Morgan fingerprint density at radius 1 is 1.16 bits per heavy atom. The summed E-state index contributed by atoms with van der Waals surface area (Å²) in [6.45, 7) is 1.07. The Bertz CT molecular complexity index is 1180. The molecule has 158 valence electrons. The number of fused-ring (bicyclic) bond motifs is 2. The zero-order valence-corrected chi connectivity index (χ0v) is 17.4. The minimum absolute atomic E-state index is 0.146. The number of ether oxygens (including phenoxy) is 2. The Morgan fingerprint density at radius 2 is 1.87 bits per heavy atom. The van der Waals surface area contributed by atoms with Crippen LogP contribution in [-0.4, -0.2) is 37.2 Å². The fourth-order valence-electron chi connectivity index (χ4n) is 4.11. The number of nitrogens with zero attached hydrogens (tertiary/aromatic N) is 1. The van der Waals surface area contributed by atoms with Gasteiger partial charge in [0.25, 0.3) is 0 Å². The summed E-state index contributed by atoms with van der Waals surface area (Å²) in [5.74, 6) is -3.43. The lowest BCUT2D eigenvalue weighted by Crippen LogP contribution is -2.34. The van der Waals surface area contributed by atoms with E-state index < -0.39 is 30.4 Å². The van der Waals surface area contributed by atoms with Gasteiger partial charge in [-0.05, 0) is 24.6 Å². The van der Waals surface area contributed by atoms with Crippen molar-refractivity contribution in [1.82, 2.24) is 0 Å². The van der Waals surface area contributed by atoms with Crippen molar-refractivity contribution in [2.45, 2.75) is 12.8 Å². The molecule has 0 aromatic heterocycles. The lowest BCUT2D eigenvalue weighted by Gasteiger charge is -2.30. The molecule has 0 spiro atoms. The van der Waals surface area contributed by atoms with E-state index in [1.807, 2.05) is 12.1 Å². The van der Waals surface area contributed by atoms with E-state index in [4.69, 9.17) is 21.1 Å². The third-order valence-corrected chi connectivity index (χ3v) is 5.72. The molecule has 0 amide bonds. The first-order valence-corrected chi connectivity index (χ1v) is 9.84. The number of allylic oxidation sites excluding steroid dienone is 1. The number of esters is 1. The van der Waals surface area contributed by atoms with Crippen molar-refractivity contribution >= 4 is 40.7 Å². The van der Waals surface area contributed by atoms with Gasteiger partial charge in [0.15, 0.2) is 5.78 Å². The van der Waals surface area contributed by atoms with Gasteiger partial charge in [0.1, 0.15) is 18.3 Å². The quantitative estimate of drug-likeness (QED) is 0.664. The number of rotatable bonds is 5. The van der Waals surface area contributed by atoms with E-state index >= 15 is 0 Å². The second kappa shape index (κ2) is 8.00. The van der Waals surface area contributed by atoms with Gasteiger partial charge in [0.2, 0.25) is 0 Å². The van der Waals surface area contributed by atoms with Crippen LogP contribution in [0.1, 0.15) is 34.3 Å². The molecule has 0 saturated heterocycles. The number of hydrogen-bond acceptors (Lipinski definition) is 7. The highest BCUT2D eigenvalue weighted by Crippen LogP contribution is 2.48. The zero-order valence-electron chi connectivity index (χ0n) is 16.7. The van der Waals surface area contributed by atoms with Crippen molar-refractivity contribution in [3.8, 4) is 5.75 Å². The smallest absolute Gasteiger partial charge is 0.315 e. The van der Waals surface area contributed by atoms with E-state index in [9.17, 15) is 19.5 Å². The number of aliphatic imine (C=N–C) groups is 1. The number of halogens is 1. The summed E-state index contributed by atoms with van der Waals surface area (Å²) >= 11 is 6.31. The Kier molecular flexibility index (Phi) is 5.37. The fraction of sp³-hybridized carbons (Fsp3) is 0.217. The van der Waals surface area contributed by atoms with E-state index in [0.717, 1.165) is 5.56 Å². The predicted molar refractivity (Wildman–Crippen MR) is 111 cm³/mol. The van der Waals surface area contributed by atoms with Gasteiger partial charge in [-0.2, -0.15) is 0 Å². The highest BCUT2D eigenvalue weighted by molar-refractivity contribution is 6.32. The van der Waals surface area contributed by atoms with Gasteiger partial charge in [-0.15, -0.1) is 0 Å². The number of ketones is 1. The van der Waals surface area contributed by atoms with E-state index in [0.29, 0.717) is 28.1 Å². The first-order chi connectivity index (χ1) is 14.8. The first kappa shape index (κ1) is 20.8. The van der Waals surface area contributed by atoms with Gasteiger partial charge < -0.3 is 19.4 Å². The number of methoxy groups -OCH3 is 1. The molecule has 0 radical (unpaired) electrons. The zero-order chi connectivity index (χ0) is 22.3. The third kappa shape index (κ3) is 3.51. The first-order valence-electron chi connectivity index (χ1n) is 9.46. The van der Waals surface area contributed by atoms with Crippen LogP contribution in [0, 0.1) is 5.92 Å². The fourth-order valence-corrected chi connectivity index (χ4v) is 4.35. The Labute approximate surface area is 183 Å². The number of hydrogen-bond donors (Lipinski definition) is 0. The molecule has 2 aromatic rings. The molecule has 2 unspecified atom stereocenters. The van der Waals surface area contributed by atoms with Gasteiger partial charge in [-0.1, -0.05) is 41.9 Å². The van der Waals surface area contributed by atoms with Crippen LogP contribution in [-0.2, 0) is 14.3 Å². The maximum absolute atomic E-state index is 13.3. The summed E-state index contributed by atoms with van der Waals surface area (Å²) < 4.78 is 10.1. The summed E-state index contributed by atoms with van der Waals surface area (Å²) in [6, 6.07) is 11.9. The van der Waals surface area contributed by atoms with E-state index in [1.165, 1.54) is 13.2 Å². The molecule has 0 N–H and O–H groups in total. The van der Waals surface area contributed by atoms with Crippen LogP contribution in [0.5, 0.6) is 5.75 Å². The Hall–Kier alpha value is -3.45. The van der Waals surface area contributed by atoms with Gasteiger partial charge in [-0.25, -0.2) is 0 Å². The number of Topliss-reactive ketones (excluding diaryl/α,β-unsaturated/α-hetero) is 1. The molecule has 1 aliphatic carbocycles. The second-order valence-electron chi connectivity index (χ2n) is 7.22. The second-order valence-corrected chi connectivity index (χ2v) is 7.63. The lowest BCUT2D eigenvalue weighted by atomic mass is 9.75. The van der Waals surface area contributed by atoms with Crippen molar-refractivity contribution in [3.05, 3.63) is 69.8 Å². The minimum Gasteiger partial charge on any atom is -0.546 e. The van der Waals surface area contributed by atoms with Crippen LogP contribution in [0.15, 0.2) is 53.0 Å². The highest BCUT2D eigenvalue weighted by atomic mass is 35.5. The molecule has 8 heteroatoms. The van der Waals surface area contributed by atoms with Crippen LogP contribution >= 0.6 is 11.6 Å². The molecule has 0 bridgehead atoms. The maximum Gasteiger partial charge on any atom is 0.315 e. The van der Waals surface area contributed by atoms with Gasteiger partial charge in [0, 0.05) is 28.3 Å². The number of carboxylic acid groups (broad SMARTS) is 1. The number of aliphatic carboxylic acids is 1. The average molecular weight is 439 g/mol. The van der Waals surface area contributed by atoms with Gasteiger partial charge >= 0.3 is 5.97 Å². The molecule has 0 saturated carbocycles. The molecule has 4 rings (SSSR count). The summed E-state index contributed by atoms with van der Waals surface area (Å²) in [6.07, 6.45) is 0. The molecule has 31 heavy (non-hydrogen) atoms. The summed E-state index contributed by atoms with van der Waals surface area (Å²) in [7, 11) is 1.28. The molecule has 2 atom stereocenters. The highest BCUT2D eigenvalue weighted by Gasteiger charge is 2.46. The van der Waals surface area contributed by atoms with Crippen LogP contribution in [0.25, 0.3) is 5.70 Å². The molecule has 7 nitrogen and oxygen atoms in total. The minimum atomic E-state index is -1.38. The summed E-state index contributed by atoms with van der Waals surface area (Å²) in [5.41, 5.74) is 3.30. The number of benzene rings is 2. The van der Waals surface area contributed by atoms with E-state index in [1.54, 1.807) is 31.2 Å². The van der Waals surface area contributed by atoms with Crippen molar-refractivity contribution in [1.29, 1.82) is 0 Å². The topological polar surface area (TPSA) is 105 Å². The van der Waals surface area contributed by atoms with Crippen molar-refractivity contribution in [3.63, 3.8) is 0 Å². The van der Waals surface area contributed by atoms with Crippen molar-refractivity contribution in [2.24, 2.45) is 10.9 Å². The van der Waals surface area contributed by atoms with Crippen LogP contribution in [0.4, 0.5) is 0 Å². The maximum atomic E-state index is 13.3. The number of carboxylic acids is 1. The number of carbonyl (C=O) groups excluding carboxylic acids is 3. The largest absolute Gasteiger partial charge is 0.546 e. The molecule has 2 aromatic carbocycles. The summed E-state index contributed by atoms with van der Waals surface area (Å²) in [4.78, 5) is 41.3. The summed E-state index contributed by atoms with van der Waals surface area (Å²) in [5, 5.41) is 10.8. The SMILES string of the molecule is COC(=O)C1C(C)=NC2=C(C(=O)c3ccccc32)C1c1ccc(OCC(=O)[O-])c(Cl)c1. The molecule has 1 aliphatic heterocycles. The third-order valence-electron chi connectivity index (χ3n) is 5.42. The number of carbonyl (C=O) groups is 3. The molecular weight excluding hydrogens is 422 g/mol. The predicted octanol–water partition coefficient (Wildman–Crippen LogP) is 2.42. The van der Waals surface area contributed by atoms with Crippen molar-refractivity contribution in [2.75, 3.05) is 13.7 Å². The Balaban J connectivity index is 1.84. The monoisotopic (exact) mass is 438 g/mol. The molecular formula is C23H17ClNO6-. The van der Waals surface area contributed by atoms with Crippen LogP contribution in [0.3, 0.4) is 0 Å². The normalized spacial score (nSPS) is 19.5. The molecule has 2 aliphatic rings. The standard InChI is InChI=1S/C23H18ClNO6/c1-11-18(23(29)30-2)19(12-7-8-16(15(24)9-12)31-10-17(26)27)20-21(25-11)13-5-3-4-6-14(13)22(20)28/h3-9,18-19H,10H2,1-2H3,(H,26,27)/p-1. The van der Waals surface area contributed by atoms with Gasteiger partial charge in [-0.3, -0.25) is 14.6 Å².